The van der Waals surface area contributed by atoms with E-state index in [0.717, 1.165) is 22.8 Å². The first kappa shape index (κ1) is 18.5. The van der Waals surface area contributed by atoms with Crippen LogP contribution in [0.3, 0.4) is 0 Å². The van der Waals surface area contributed by atoms with Crippen molar-refractivity contribution in [1.29, 1.82) is 0 Å². The van der Waals surface area contributed by atoms with Crippen molar-refractivity contribution in [2.24, 2.45) is 7.05 Å². The highest BCUT2D eigenvalue weighted by atomic mass is 32.2. The molecule has 0 aliphatic rings. The normalized spacial score (nSPS) is 12.2. The molecule has 5 nitrogen and oxygen atoms in total. The van der Waals surface area contributed by atoms with E-state index in [2.05, 4.69) is 15.5 Å². The summed E-state index contributed by atoms with van der Waals surface area (Å²) in [5.74, 6) is -1.36. The summed E-state index contributed by atoms with van der Waals surface area (Å²) in [6.07, 6.45) is 0.655. The van der Waals surface area contributed by atoms with Crippen LogP contribution >= 0.6 is 23.1 Å². The first-order valence-electron chi connectivity index (χ1n) is 7.78. The summed E-state index contributed by atoms with van der Waals surface area (Å²) in [7, 11) is 1.83. The number of thiophene rings is 1. The van der Waals surface area contributed by atoms with Gasteiger partial charge in [-0.15, -0.1) is 21.5 Å². The van der Waals surface area contributed by atoms with Gasteiger partial charge in [0.15, 0.2) is 5.16 Å². The number of rotatable bonds is 6. The lowest BCUT2D eigenvalue weighted by Gasteiger charge is -2.12. The Morgan fingerprint density at radius 1 is 1.27 bits per heavy atom. The van der Waals surface area contributed by atoms with Crippen molar-refractivity contribution in [3.8, 4) is 0 Å². The maximum absolute atomic E-state index is 13.7. The van der Waals surface area contributed by atoms with Crippen LogP contribution in [0.1, 0.15) is 17.6 Å². The van der Waals surface area contributed by atoms with Gasteiger partial charge in [0.1, 0.15) is 23.1 Å². The van der Waals surface area contributed by atoms with Crippen molar-refractivity contribution in [1.82, 2.24) is 14.8 Å². The van der Waals surface area contributed by atoms with Gasteiger partial charge in [-0.05, 0) is 30.5 Å². The number of halogens is 2. The quantitative estimate of drug-likeness (QED) is 0.645. The molecule has 1 N–H and O–H groups in total. The monoisotopic (exact) mass is 394 g/mol. The number of anilines is 1. The summed E-state index contributed by atoms with van der Waals surface area (Å²) in [6, 6.07) is 7.42. The molecule has 0 spiro atoms. The minimum absolute atomic E-state index is 0.443. The average Bonchev–Trinajstić information content (AvgIpc) is 3.23. The summed E-state index contributed by atoms with van der Waals surface area (Å²) < 4.78 is 29.1. The minimum Gasteiger partial charge on any atom is -0.320 e. The summed E-state index contributed by atoms with van der Waals surface area (Å²) in [5, 5.41) is 12.5. The SMILES string of the molecule is C[C@@H](Sc1nnc(Cc2cccs2)n1C)C(=O)Nc1c(F)cccc1F. The molecular formula is C17H16F2N4OS2. The van der Waals surface area contributed by atoms with Crippen molar-refractivity contribution < 1.29 is 13.6 Å². The van der Waals surface area contributed by atoms with Gasteiger partial charge >= 0.3 is 0 Å². The van der Waals surface area contributed by atoms with Crippen LogP contribution in [0.2, 0.25) is 0 Å². The second-order valence-corrected chi connectivity index (χ2v) is 7.90. The van der Waals surface area contributed by atoms with E-state index in [1.807, 2.05) is 29.1 Å². The molecule has 0 radical (unpaired) electrons. The number of nitrogens with one attached hydrogen (secondary N) is 1. The number of aromatic nitrogens is 3. The van der Waals surface area contributed by atoms with Gasteiger partial charge < -0.3 is 9.88 Å². The number of hydrogen-bond donors (Lipinski definition) is 1. The van der Waals surface area contributed by atoms with E-state index in [1.54, 1.807) is 18.3 Å². The Labute approximate surface area is 157 Å². The standard InChI is InChI=1S/C17H16F2N4OS2/c1-10(16(24)20-15-12(18)6-3-7-13(15)19)26-17-22-21-14(23(17)2)9-11-5-4-8-25-11/h3-8,10H,9H2,1-2H3,(H,20,24)/t10-/m1/s1. The third kappa shape index (κ3) is 4.10. The zero-order valence-electron chi connectivity index (χ0n) is 14.1. The highest BCUT2D eigenvalue weighted by Crippen LogP contribution is 2.25. The molecule has 2 heterocycles. The van der Waals surface area contributed by atoms with Gasteiger partial charge in [-0.25, -0.2) is 8.78 Å². The molecule has 26 heavy (non-hydrogen) atoms. The number of carbonyl (C=O) groups excluding carboxylic acids is 1. The topological polar surface area (TPSA) is 59.8 Å². The highest BCUT2D eigenvalue weighted by Gasteiger charge is 2.21. The zero-order valence-corrected chi connectivity index (χ0v) is 15.7. The van der Waals surface area contributed by atoms with Gasteiger partial charge in [-0.3, -0.25) is 4.79 Å². The molecule has 2 aromatic heterocycles. The number of thioether (sulfide) groups is 1. The molecule has 0 saturated heterocycles. The highest BCUT2D eigenvalue weighted by molar-refractivity contribution is 8.00. The summed E-state index contributed by atoms with van der Waals surface area (Å²) in [5.41, 5.74) is -0.443. The molecule has 0 bridgehead atoms. The van der Waals surface area contributed by atoms with E-state index in [4.69, 9.17) is 0 Å². The van der Waals surface area contributed by atoms with Gasteiger partial charge in [0.05, 0.1) is 5.25 Å². The number of carbonyl (C=O) groups is 1. The van der Waals surface area contributed by atoms with Gasteiger partial charge in [-0.2, -0.15) is 0 Å². The Balaban J connectivity index is 1.67. The van der Waals surface area contributed by atoms with Crippen molar-refractivity contribution in [2.75, 3.05) is 5.32 Å². The van der Waals surface area contributed by atoms with Crippen LogP contribution in [0.25, 0.3) is 0 Å². The molecule has 0 aliphatic carbocycles. The number of benzene rings is 1. The van der Waals surface area contributed by atoms with Gasteiger partial charge in [0, 0.05) is 18.3 Å². The lowest BCUT2D eigenvalue weighted by Crippen LogP contribution is -2.24. The van der Waals surface area contributed by atoms with Crippen molar-refractivity contribution in [3.63, 3.8) is 0 Å². The van der Waals surface area contributed by atoms with Crippen molar-refractivity contribution in [3.05, 3.63) is 58.0 Å². The molecule has 1 aromatic carbocycles. The predicted molar refractivity (Wildman–Crippen MR) is 98.4 cm³/mol. The van der Waals surface area contributed by atoms with Crippen molar-refractivity contribution >= 4 is 34.7 Å². The van der Waals surface area contributed by atoms with Crippen LogP contribution in [0.4, 0.5) is 14.5 Å². The number of nitrogens with zero attached hydrogens (tertiary/aromatic N) is 3. The first-order valence-corrected chi connectivity index (χ1v) is 9.54. The van der Waals surface area contributed by atoms with Gasteiger partial charge in [0.25, 0.3) is 0 Å². The molecule has 1 amide bonds. The minimum atomic E-state index is -0.813. The molecule has 0 fully saturated rings. The summed E-state index contributed by atoms with van der Waals surface area (Å²) in [6.45, 7) is 1.65. The predicted octanol–water partition coefficient (Wildman–Crippen LogP) is 3.86. The molecule has 3 rings (SSSR count). The maximum atomic E-state index is 13.7. The third-order valence-electron chi connectivity index (χ3n) is 3.70. The number of para-hydroxylation sites is 1. The van der Waals surface area contributed by atoms with Gasteiger partial charge in [0.2, 0.25) is 5.91 Å². The summed E-state index contributed by atoms with van der Waals surface area (Å²) >= 11 is 2.81. The van der Waals surface area contributed by atoms with Crippen LogP contribution in [-0.2, 0) is 18.3 Å². The molecule has 0 aliphatic heterocycles. The molecule has 0 unspecified atom stereocenters. The number of hydrogen-bond acceptors (Lipinski definition) is 5. The Kier molecular flexibility index (Phi) is 5.67. The lowest BCUT2D eigenvalue weighted by molar-refractivity contribution is -0.115. The van der Waals surface area contributed by atoms with E-state index in [0.29, 0.717) is 11.6 Å². The van der Waals surface area contributed by atoms with E-state index < -0.39 is 28.5 Å². The zero-order chi connectivity index (χ0) is 18.7. The Hall–Kier alpha value is -2.26. The van der Waals surface area contributed by atoms with Gasteiger partial charge in [-0.1, -0.05) is 23.9 Å². The van der Waals surface area contributed by atoms with Crippen LogP contribution in [0.5, 0.6) is 0 Å². The van der Waals surface area contributed by atoms with Crippen LogP contribution in [0.15, 0.2) is 40.9 Å². The second kappa shape index (κ2) is 7.96. The van der Waals surface area contributed by atoms with E-state index in [1.165, 1.54) is 17.8 Å². The third-order valence-corrected chi connectivity index (χ3v) is 5.71. The van der Waals surface area contributed by atoms with E-state index in [9.17, 15) is 13.6 Å². The maximum Gasteiger partial charge on any atom is 0.237 e. The molecule has 1 atom stereocenters. The number of amides is 1. The fraction of sp³-hybridized carbons (Fsp3) is 0.235. The first-order chi connectivity index (χ1) is 12.5. The Morgan fingerprint density at radius 2 is 2.00 bits per heavy atom. The molecule has 136 valence electrons. The Bertz CT molecular complexity index is 891. The lowest BCUT2D eigenvalue weighted by atomic mass is 10.3. The fourth-order valence-corrected chi connectivity index (χ4v) is 3.76. The molecule has 3 aromatic rings. The summed E-state index contributed by atoms with van der Waals surface area (Å²) in [4.78, 5) is 13.4. The molecule has 9 heteroatoms. The molecular weight excluding hydrogens is 378 g/mol. The van der Waals surface area contributed by atoms with E-state index in [-0.39, 0.29) is 0 Å². The largest absolute Gasteiger partial charge is 0.320 e. The van der Waals surface area contributed by atoms with Crippen LogP contribution < -0.4 is 5.32 Å². The Morgan fingerprint density at radius 3 is 2.65 bits per heavy atom. The average molecular weight is 394 g/mol. The second-order valence-electron chi connectivity index (χ2n) is 5.56. The smallest absolute Gasteiger partial charge is 0.237 e. The molecule has 0 saturated carbocycles. The van der Waals surface area contributed by atoms with Crippen LogP contribution in [-0.4, -0.2) is 25.9 Å². The fourth-order valence-electron chi connectivity index (χ4n) is 2.22. The van der Waals surface area contributed by atoms with E-state index >= 15 is 0 Å². The van der Waals surface area contributed by atoms with Crippen molar-refractivity contribution in [2.45, 2.75) is 23.8 Å². The van der Waals surface area contributed by atoms with Crippen LogP contribution in [0, 0.1) is 11.6 Å².